The zero-order valence-electron chi connectivity index (χ0n) is 8.65. The van der Waals surface area contributed by atoms with E-state index in [9.17, 15) is 0 Å². The average Bonchev–Trinajstić information content (AvgIpc) is 1.41. The minimum Gasteiger partial charge on any atom is -0.822 e. The fraction of sp³-hybridized carbons (Fsp3) is 0. The minimum atomic E-state index is -5.39. The van der Waals surface area contributed by atoms with E-state index in [4.69, 9.17) is 54.3 Å². The minimum absolute atomic E-state index is 0. The van der Waals surface area contributed by atoms with E-state index in [1.165, 1.54) is 0 Å². The second-order valence-corrected chi connectivity index (χ2v) is 3.91. The van der Waals surface area contributed by atoms with Crippen LogP contribution in [-0.4, -0.2) is 107 Å². The molecule has 2 N–H and O–H groups in total. The summed E-state index contributed by atoms with van der Waals surface area (Å²) in [5.74, 6) is 0. The van der Waals surface area contributed by atoms with Crippen LogP contribution >= 0.6 is 7.82 Å². The van der Waals surface area contributed by atoms with Crippen molar-refractivity contribution in [2.45, 2.75) is 0 Å². The molecule has 0 spiro atoms. The summed E-state index contributed by atoms with van der Waals surface area (Å²) < 4.78 is 74.2. The van der Waals surface area contributed by atoms with Gasteiger partial charge in [0.1, 0.15) is 0 Å². The zero-order chi connectivity index (χ0) is 13.5. The largest absolute Gasteiger partial charge is 2.00 e. The van der Waals surface area contributed by atoms with Gasteiger partial charge in [0.2, 0.25) is 0 Å². The Labute approximate surface area is 171 Å². The van der Waals surface area contributed by atoms with Crippen LogP contribution in [0.25, 0.3) is 0 Å². The third-order valence-corrected chi connectivity index (χ3v) is 0. The van der Waals surface area contributed by atoms with Crippen LogP contribution in [0.2, 0.25) is 0 Å². The molecule has 0 aromatic heterocycles. The fourth-order valence-electron chi connectivity index (χ4n) is 0. The van der Waals surface area contributed by atoms with E-state index in [1.54, 1.807) is 0 Å². The van der Waals surface area contributed by atoms with Gasteiger partial charge in [-0.25, -0.2) is 0 Å². The molecule has 0 unspecified atom stereocenters. The summed E-state index contributed by atoms with van der Waals surface area (Å²) in [4.78, 5) is 25.6. The summed E-state index contributed by atoms with van der Waals surface area (Å²) in [6.07, 6.45) is 0. The second-order valence-electron chi connectivity index (χ2n) is 1.30. The van der Waals surface area contributed by atoms with Gasteiger partial charge in [-0.1, -0.05) is 0 Å². The molecule has 18 heavy (non-hydrogen) atoms. The van der Waals surface area contributed by atoms with E-state index in [0.717, 1.165) is 0 Å². The van der Waals surface area contributed by atoms with Gasteiger partial charge < -0.3 is 28.4 Å². The molecule has 0 aliphatic carbocycles. The van der Waals surface area contributed by atoms with Gasteiger partial charge in [0.25, 0.3) is 0 Å². The maximum Gasteiger partial charge on any atom is 2.00 e. The molecule has 0 aromatic carbocycles. The van der Waals surface area contributed by atoms with Crippen molar-refractivity contribution in [3.05, 3.63) is 0 Å². The van der Waals surface area contributed by atoms with Gasteiger partial charge in [0.05, 0.1) is 0 Å². The molecule has 0 radical (unpaired) electrons. The van der Waals surface area contributed by atoms with E-state index < -0.39 is 28.6 Å². The van der Waals surface area contributed by atoms with Gasteiger partial charge >= 0.3 is 101 Å². The molecule has 0 aliphatic heterocycles. The van der Waals surface area contributed by atoms with Crippen LogP contribution in [0.1, 0.15) is 0 Å². The van der Waals surface area contributed by atoms with Crippen molar-refractivity contribution in [3.63, 3.8) is 0 Å². The van der Waals surface area contributed by atoms with Crippen LogP contribution in [0.3, 0.4) is 0 Å². The molecule has 0 heterocycles. The third kappa shape index (κ3) is 766. The van der Waals surface area contributed by atoms with E-state index in [-0.39, 0.29) is 90.8 Å². The van der Waals surface area contributed by atoms with Crippen molar-refractivity contribution >= 4 is 101 Å². The third-order valence-electron chi connectivity index (χ3n) is 0. The zero-order valence-corrected chi connectivity index (χ0v) is 17.0. The SMILES string of the molecule is O=P([O-])([O-])[O-].O=S(=O)(O)O.O=S(=O)([O-])[O-].[Ba+2].[Li+].[Mg+2]. The Balaban J connectivity index is -0.0000000277. The van der Waals surface area contributed by atoms with E-state index >= 15 is 0 Å². The molecule has 12 nitrogen and oxygen atoms in total. The van der Waals surface area contributed by atoms with Crippen molar-refractivity contribution in [3.8, 4) is 0 Å². The van der Waals surface area contributed by atoms with Gasteiger partial charge in [-0.3, -0.25) is 17.5 Å². The maximum absolute atomic E-state index is 8.74. The Morgan fingerprint density at radius 3 is 0.889 bits per heavy atom. The Morgan fingerprint density at radius 2 is 0.889 bits per heavy atom. The summed E-state index contributed by atoms with van der Waals surface area (Å²) in [7, 11) is -15.2. The van der Waals surface area contributed by atoms with Crippen LogP contribution in [0, 0.1) is 0 Å². The smallest absolute Gasteiger partial charge is 0.822 e. The fourth-order valence-corrected chi connectivity index (χ4v) is 0. The normalized spacial score (nSPS) is 9.72. The first-order valence-corrected chi connectivity index (χ1v) is 6.29. The van der Waals surface area contributed by atoms with E-state index in [1.807, 2.05) is 0 Å². The Bertz CT molecular complexity index is 338. The van der Waals surface area contributed by atoms with Gasteiger partial charge in [-0.15, -0.1) is 0 Å². The molecule has 0 rings (SSSR count). The molecule has 18 heteroatoms. The summed E-state index contributed by atoms with van der Waals surface area (Å²) in [5.41, 5.74) is 0. The van der Waals surface area contributed by atoms with Gasteiger partial charge in [0.15, 0.2) is 0 Å². The van der Waals surface area contributed by atoms with Crippen molar-refractivity contribution in [2.24, 2.45) is 0 Å². The molecule has 0 aromatic rings. The molecule has 0 amide bonds. The van der Waals surface area contributed by atoms with Crippen LogP contribution < -0.4 is 33.5 Å². The van der Waals surface area contributed by atoms with Crippen LogP contribution in [0.15, 0.2) is 0 Å². The molecular weight excluding hydrogens is 456 g/mol. The van der Waals surface area contributed by atoms with Crippen molar-refractivity contribution < 1.29 is 73.2 Å². The number of hydrogen-bond donors (Lipinski definition) is 2. The van der Waals surface area contributed by atoms with Crippen LogP contribution in [0.5, 0.6) is 0 Å². The van der Waals surface area contributed by atoms with Crippen molar-refractivity contribution in [1.82, 2.24) is 0 Å². The topological polar surface area (TPSA) is 241 Å². The monoisotopic (exact) mass is 458 g/mol. The molecule has 0 saturated heterocycles. The number of rotatable bonds is 0. The van der Waals surface area contributed by atoms with Crippen molar-refractivity contribution in [2.75, 3.05) is 0 Å². The van der Waals surface area contributed by atoms with E-state index in [0.29, 0.717) is 0 Å². The summed E-state index contributed by atoms with van der Waals surface area (Å²) in [6, 6.07) is 0. The molecule has 0 fully saturated rings. The van der Waals surface area contributed by atoms with Crippen molar-refractivity contribution in [1.29, 1.82) is 0 Å². The standard InChI is InChI=1S/Ba.Li.Mg.H3O4P.2H2O4S/c;;;3*1-5(2,3)4/h;;;(H3,1,2,3,4);2*(H2,1,2,3,4)/q+2;+1;+2;;;/p-5. The van der Waals surface area contributed by atoms with E-state index in [2.05, 4.69) is 0 Å². The Kier molecular flexibility index (Phi) is 33.4. The first kappa shape index (κ1) is 37.2. The first-order chi connectivity index (χ1) is 6.00. The second kappa shape index (κ2) is 16.2. The molecule has 0 bridgehead atoms. The van der Waals surface area contributed by atoms with Gasteiger partial charge in [0, 0.05) is 10.4 Å². The Morgan fingerprint density at radius 1 is 0.889 bits per heavy atom. The molecular formula is H2BaLiMgO12PS2. The number of phosphoric acid groups is 1. The quantitative estimate of drug-likeness (QED) is 0.149. The first-order valence-electron chi connectivity index (χ1n) is 2.10. The Hall–Kier alpha value is 2.79. The number of hydrogen-bond acceptors (Lipinski definition) is 10. The average molecular weight is 458 g/mol. The summed E-state index contributed by atoms with van der Waals surface area (Å²) in [5, 5.41) is 0. The molecule has 96 valence electrons. The summed E-state index contributed by atoms with van der Waals surface area (Å²) in [6.45, 7) is 0. The maximum atomic E-state index is 8.74. The summed E-state index contributed by atoms with van der Waals surface area (Å²) >= 11 is 0. The molecule has 0 saturated carbocycles. The van der Waals surface area contributed by atoms with Crippen LogP contribution in [0.4, 0.5) is 0 Å². The predicted molar refractivity (Wildman–Crippen MR) is 43.8 cm³/mol. The molecule has 0 aliphatic rings. The van der Waals surface area contributed by atoms with Gasteiger partial charge in [-0.05, 0) is 0 Å². The predicted octanol–water partition coefficient (Wildman–Crippen LogP) is -8.57. The van der Waals surface area contributed by atoms with Gasteiger partial charge in [-0.2, -0.15) is 16.2 Å². The molecule has 0 atom stereocenters. The van der Waals surface area contributed by atoms with Crippen LogP contribution in [-0.2, 0) is 25.4 Å².